The number of benzene rings is 1. The second-order valence-corrected chi connectivity index (χ2v) is 6.61. The van der Waals surface area contributed by atoms with Gasteiger partial charge in [-0.1, -0.05) is 0 Å². The van der Waals surface area contributed by atoms with Gasteiger partial charge in [-0.05, 0) is 14.0 Å². The van der Waals surface area contributed by atoms with Gasteiger partial charge >= 0.3 is 0 Å². The SMILES string of the molecule is CNC(C)CNS(=O)(=O)c1cc2c(cc1OC)NC(=O)CO2.Cl. The summed E-state index contributed by atoms with van der Waals surface area (Å²) in [7, 11) is -0.654. The number of anilines is 1. The molecule has 0 radical (unpaired) electrons. The topological polar surface area (TPSA) is 106 Å². The number of hydrogen-bond donors (Lipinski definition) is 3. The number of methoxy groups -OCH3 is 1. The highest BCUT2D eigenvalue weighted by Crippen LogP contribution is 2.37. The van der Waals surface area contributed by atoms with Crippen LogP contribution in [0.3, 0.4) is 0 Å². The van der Waals surface area contributed by atoms with Crippen molar-refractivity contribution in [2.75, 3.05) is 32.6 Å². The molecule has 0 bridgehead atoms. The minimum atomic E-state index is -3.76. The number of hydrogen-bond acceptors (Lipinski definition) is 6. The summed E-state index contributed by atoms with van der Waals surface area (Å²) in [6.07, 6.45) is 0. The molecular weight excluding hydrogens is 346 g/mol. The number of rotatable bonds is 6. The van der Waals surface area contributed by atoms with E-state index in [1.807, 2.05) is 6.92 Å². The van der Waals surface area contributed by atoms with Crippen molar-refractivity contribution < 1.29 is 22.7 Å². The molecule has 1 aromatic rings. The second-order valence-electron chi connectivity index (χ2n) is 4.88. The molecule has 3 N–H and O–H groups in total. The molecule has 1 aromatic carbocycles. The van der Waals surface area contributed by atoms with E-state index in [1.54, 1.807) is 7.05 Å². The second kappa shape index (κ2) is 7.82. The Morgan fingerprint density at radius 3 is 2.74 bits per heavy atom. The van der Waals surface area contributed by atoms with Crippen molar-refractivity contribution in [3.05, 3.63) is 12.1 Å². The van der Waals surface area contributed by atoms with E-state index in [9.17, 15) is 13.2 Å². The van der Waals surface area contributed by atoms with E-state index in [-0.39, 0.29) is 48.2 Å². The summed E-state index contributed by atoms with van der Waals surface area (Å²) in [5.41, 5.74) is 0.385. The van der Waals surface area contributed by atoms with Gasteiger partial charge in [-0.2, -0.15) is 0 Å². The fraction of sp³-hybridized carbons (Fsp3) is 0.462. The van der Waals surface area contributed by atoms with Gasteiger partial charge in [0.25, 0.3) is 5.91 Å². The Morgan fingerprint density at radius 1 is 1.43 bits per heavy atom. The third kappa shape index (κ3) is 4.47. The van der Waals surface area contributed by atoms with Gasteiger partial charge in [0.05, 0.1) is 12.8 Å². The van der Waals surface area contributed by atoms with Crippen LogP contribution in [0.4, 0.5) is 5.69 Å². The van der Waals surface area contributed by atoms with Gasteiger partial charge in [-0.25, -0.2) is 13.1 Å². The van der Waals surface area contributed by atoms with Gasteiger partial charge in [0.1, 0.15) is 16.4 Å². The van der Waals surface area contributed by atoms with Crippen LogP contribution < -0.4 is 24.8 Å². The van der Waals surface area contributed by atoms with Crippen LogP contribution in [0.2, 0.25) is 0 Å². The monoisotopic (exact) mass is 365 g/mol. The minimum absolute atomic E-state index is 0. The molecule has 1 atom stereocenters. The molecule has 1 amide bonds. The summed E-state index contributed by atoms with van der Waals surface area (Å²) < 4.78 is 37.7. The highest BCUT2D eigenvalue weighted by atomic mass is 35.5. The zero-order chi connectivity index (χ0) is 16.3. The third-order valence-electron chi connectivity index (χ3n) is 3.26. The van der Waals surface area contributed by atoms with Gasteiger partial charge < -0.3 is 20.1 Å². The number of likely N-dealkylation sites (N-methyl/N-ethyl adjacent to an activating group) is 1. The van der Waals surface area contributed by atoms with E-state index in [1.165, 1.54) is 19.2 Å². The van der Waals surface area contributed by atoms with Gasteiger partial charge in [0, 0.05) is 24.7 Å². The van der Waals surface area contributed by atoms with Crippen LogP contribution in [-0.4, -0.2) is 47.7 Å². The van der Waals surface area contributed by atoms with Crippen LogP contribution in [0, 0.1) is 0 Å². The average Bonchev–Trinajstić information content (AvgIpc) is 2.51. The number of halogens is 1. The zero-order valence-electron chi connectivity index (χ0n) is 13.0. The number of nitrogens with one attached hydrogen (secondary N) is 3. The molecule has 0 spiro atoms. The maximum absolute atomic E-state index is 12.4. The molecule has 8 nitrogen and oxygen atoms in total. The highest BCUT2D eigenvalue weighted by molar-refractivity contribution is 7.89. The fourth-order valence-corrected chi connectivity index (χ4v) is 3.17. The van der Waals surface area contributed by atoms with E-state index in [4.69, 9.17) is 9.47 Å². The standard InChI is InChI=1S/C13H19N3O5S.ClH/c1-8(14-2)6-15-22(18,19)12-5-10-9(4-11(12)20-3)16-13(17)7-21-10;/h4-5,8,14-15H,6-7H2,1-3H3,(H,16,17);1H. The molecule has 1 unspecified atom stereocenters. The Bertz CT molecular complexity index is 680. The maximum Gasteiger partial charge on any atom is 0.262 e. The first kappa shape index (κ1) is 19.5. The fourth-order valence-electron chi connectivity index (χ4n) is 1.87. The van der Waals surface area contributed by atoms with Crippen LogP contribution in [0.25, 0.3) is 0 Å². The van der Waals surface area contributed by atoms with Gasteiger partial charge in [-0.15, -0.1) is 12.4 Å². The smallest absolute Gasteiger partial charge is 0.262 e. The van der Waals surface area contributed by atoms with Crippen molar-refractivity contribution in [2.45, 2.75) is 17.9 Å². The zero-order valence-corrected chi connectivity index (χ0v) is 14.6. The molecule has 23 heavy (non-hydrogen) atoms. The van der Waals surface area contributed by atoms with Crippen molar-refractivity contribution in [3.63, 3.8) is 0 Å². The lowest BCUT2D eigenvalue weighted by Crippen LogP contribution is -2.37. The van der Waals surface area contributed by atoms with Crippen LogP contribution in [0.15, 0.2) is 17.0 Å². The number of sulfonamides is 1. The van der Waals surface area contributed by atoms with Crippen LogP contribution in [-0.2, 0) is 14.8 Å². The summed E-state index contributed by atoms with van der Waals surface area (Å²) in [5.74, 6) is 0.128. The van der Waals surface area contributed by atoms with E-state index < -0.39 is 10.0 Å². The predicted molar refractivity (Wildman–Crippen MR) is 88.1 cm³/mol. The van der Waals surface area contributed by atoms with E-state index in [2.05, 4.69) is 15.4 Å². The largest absolute Gasteiger partial charge is 0.495 e. The summed E-state index contributed by atoms with van der Waals surface area (Å²) in [4.78, 5) is 11.3. The molecule has 0 fully saturated rings. The Balaban J connectivity index is 0.00000264. The maximum atomic E-state index is 12.4. The Labute approximate surface area is 141 Å². The molecule has 0 aliphatic carbocycles. The Morgan fingerprint density at radius 2 is 2.13 bits per heavy atom. The van der Waals surface area contributed by atoms with Crippen LogP contribution in [0.5, 0.6) is 11.5 Å². The van der Waals surface area contributed by atoms with Crippen molar-refractivity contribution in [2.24, 2.45) is 0 Å². The molecule has 1 heterocycles. The van der Waals surface area contributed by atoms with E-state index >= 15 is 0 Å². The van der Waals surface area contributed by atoms with Crippen LogP contribution in [0.1, 0.15) is 6.92 Å². The molecule has 130 valence electrons. The molecule has 0 aromatic heterocycles. The summed E-state index contributed by atoms with van der Waals surface area (Å²) in [5, 5.41) is 5.55. The van der Waals surface area contributed by atoms with Gasteiger partial charge in [-0.3, -0.25) is 4.79 Å². The normalized spacial score (nSPS) is 14.8. The Hall–Kier alpha value is -1.55. The van der Waals surface area contributed by atoms with Crippen molar-refractivity contribution in [1.29, 1.82) is 0 Å². The van der Waals surface area contributed by atoms with E-state index in [0.717, 1.165) is 0 Å². The van der Waals surface area contributed by atoms with Crippen LogP contribution >= 0.6 is 12.4 Å². The first-order valence-corrected chi connectivity index (χ1v) is 8.17. The quantitative estimate of drug-likeness (QED) is 0.671. The third-order valence-corrected chi connectivity index (χ3v) is 4.71. The predicted octanol–water partition coefficient (Wildman–Crippen LogP) is 0.334. The van der Waals surface area contributed by atoms with E-state index in [0.29, 0.717) is 11.4 Å². The first-order valence-electron chi connectivity index (χ1n) is 6.69. The molecule has 1 aliphatic rings. The minimum Gasteiger partial charge on any atom is -0.495 e. The highest BCUT2D eigenvalue weighted by Gasteiger charge is 2.25. The van der Waals surface area contributed by atoms with Crippen molar-refractivity contribution in [3.8, 4) is 11.5 Å². The first-order chi connectivity index (χ1) is 10.4. The average molecular weight is 366 g/mol. The van der Waals surface area contributed by atoms with Crippen molar-refractivity contribution in [1.82, 2.24) is 10.0 Å². The molecule has 0 saturated carbocycles. The summed E-state index contributed by atoms with van der Waals surface area (Å²) >= 11 is 0. The van der Waals surface area contributed by atoms with Crippen molar-refractivity contribution >= 4 is 34.0 Å². The lowest BCUT2D eigenvalue weighted by molar-refractivity contribution is -0.118. The molecule has 0 saturated heterocycles. The number of carbonyl (C=O) groups excluding carboxylic acids is 1. The van der Waals surface area contributed by atoms with Gasteiger partial charge in [0.2, 0.25) is 10.0 Å². The molecule has 2 rings (SSSR count). The lowest BCUT2D eigenvalue weighted by atomic mass is 10.2. The summed E-state index contributed by atoms with van der Waals surface area (Å²) in [6.45, 7) is 1.94. The molecule has 10 heteroatoms. The number of fused-ring (bicyclic) bond motifs is 1. The molecular formula is C13H20ClN3O5S. The number of amides is 1. The number of carbonyl (C=O) groups is 1. The lowest BCUT2D eigenvalue weighted by Gasteiger charge is -2.21. The number of ether oxygens (including phenoxy) is 2. The molecule has 1 aliphatic heterocycles. The van der Waals surface area contributed by atoms with Gasteiger partial charge in [0.15, 0.2) is 6.61 Å². The Kier molecular flexibility index (Phi) is 6.63. The summed E-state index contributed by atoms with van der Waals surface area (Å²) in [6, 6.07) is 2.76.